The molecule has 0 aliphatic carbocycles. The molecule has 0 aliphatic rings. The molecule has 19 heavy (non-hydrogen) atoms. The van der Waals surface area contributed by atoms with E-state index in [-0.39, 0.29) is 16.0 Å². The van der Waals surface area contributed by atoms with Gasteiger partial charge in [0.05, 0.1) is 4.90 Å². The molecule has 0 fully saturated rings. The third kappa shape index (κ3) is 3.39. The average Bonchev–Trinajstić information content (AvgIpc) is 2.26. The summed E-state index contributed by atoms with van der Waals surface area (Å²) in [6.45, 7) is 1.65. The molecule has 0 amide bonds. The maximum absolute atomic E-state index is 13.0. The Balaban J connectivity index is 2.36. The van der Waals surface area contributed by atoms with Gasteiger partial charge in [-0.15, -0.1) is 0 Å². The normalized spacial score (nSPS) is 11.3. The van der Waals surface area contributed by atoms with E-state index in [0.29, 0.717) is 5.69 Å². The topological polar surface area (TPSA) is 72.0 Å². The van der Waals surface area contributed by atoms with E-state index in [0.717, 1.165) is 12.1 Å². The van der Waals surface area contributed by atoms with E-state index in [1.165, 1.54) is 18.2 Å². The molecule has 0 radical (unpaired) electrons. The number of hydrogen-bond donors (Lipinski definition) is 1. The summed E-state index contributed by atoms with van der Waals surface area (Å²) >= 11 is 5.70. The fourth-order valence-electron chi connectivity index (χ4n) is 1.39. The van der Waals surface area contributed by atoms with Crippen molar-refractivity contribution in [2.75, 3.05) is 4.72 Å². The lowest BCUT2D eigenvalue weighted by Gasteiger charge is -2.07. The lowest BCUT2D eigenvalue weighted by molar-refractivity contribution is 0.595. The molecule has 0 saturated heterocycles. The van der Waals surface area contributed by atoms with Crippen LogP contribution in [0.5, 0.6) is 0 Å². The minimum atomic E-state index is -3.94. The largest absolute Gasteiger partial charge is 0.264 e. The molecule has 1 heterocycles. The van der Waals surface area contributed by atoms with Crippen LogP contribution in [0.25, 0.3) is 0 Å². The maximum Gasteiger partial charge on any atom is 0.264 e. The summed E-state index contributed by atoms with van der Waals surface area (Å²) in [6.07, 6.45) is 0. The molecule has 0 saturated carbocycles. The van der Waals surface area contributed by atoms with Gasteiger partial charge in [-0.1, -0.05) is 17.7 Å². The predicted molar refractivity (Wildman–Crippen MR) is 69.0 cm³/mol. The summed E-state index contributed by atoms with van der Waals surface area (Å²) in [6, 6.07) is 6.11. The van der Waals surface area contributed by atoms with Crippen LogP contribution < -0.4 is 4.72 Å². The zero-order chi connectivity index (χ0) is 14.0. The van der Waals surface area contributed by atoms with E-state index in [4.69, 9.17) is 11.6 Å². The van der Waals surface area contributed by atoms with E-state index < -0.39 is 15.8 Å². The molecule has 1 aromatic heterocycles. The van der Waals surface area contributed by atoms with Gasteiger partial charge in [0.15, 0.2) is 0 Å². The summed E-state index contributed by atoms with van der Waals surface area (Å²) in [5, 5.41) is 0.115. The van der Waals surface area contributed by atoms with Crippen LogP contribution in [0.2, 0.25) is 5.15 Å². The Morgan fingerprint density at radius 1 is 1.26 bits per heavy atom. The number of anilines is 1. The molecule has 0 spiro atoms. The van der Waals surface area contributed by atoms with Crippen molar-refractivity contribution in [1.82, 2.24) is 9.97 Å². The van der Waals surface area contributed by atoms with Gasteiger partial charge in [-0.3, -0.25) is 0 Å². The number of aryl methyl sites for hydroxylation is 1. The second-order valence-corrected chi connectivity index (χ2v) is 5.79. The van der Waals surface area contributed by atoms with Crippen LogP contribution in [0.15, 0.2) is 35.2 Å². The van der Waals surface area contributed by atoms with Gasteiger partial charge >= 0.3 is 0 Å². The van der Waals surface area contributed by atoms with Crippen molar-refractivity contribution in [2.24, 2.45) is 0 Å². The molecule has 5 nitrogen and oxygen atoms in total. The Bertz CT molecular complexity index is 701. The number of sulfonamides is 1. The van der Waals surface area contributed by atoms with Gasteiger partial charge in [-0.2, -0.15) is 0 Å². The first-order valence-electron chi connectivity index (χ1n) is 5.16. The molecule has 1 N–H and O–H groups in total. The molecular weight excluding hydrogens is 293 g/mol. The highest BCUT2D eigenvalue weighted by atomic mass is 35.5. The van der Waals surface area contributed by atoms with Crippen molar-refractivity contribution < 1.29 is 12.8 Å². The first-order chi connectivity index (χ1) is 8.87. The molecular formula is C11H9ClFN3O2S. The Labute approximate surface area is 114 Å². The van der Waals surface area contributed by atoms with Crippen LogP contribution in [0.1, 0.15) is 5.69 Å². The summed E-state index contributed by atoms with van der Waals surface area (Å²) < 4.78 is 39.1. The monoisotopic (exact) mass is 301 g/mol. The Morgan fingerprint density at radius 2 is 2.00 bits per heavy atom. The highest BCUT2D eigenvalue weighted by Crippen LogP contribution is 2.16. The number of halogens is 2. The first-order valence-corrected chi connectivity index (χ1v) is 7.02. The molecule has 0 aliphatic heterocycles. The lowest BCUT2D eigenvalue weighted by atomic mass is 10.4. The van der Waals surface area contributed by atoms with E-state index in [2.05, 4.69) is 14.7 Å². The Kier molecular flexibility index (Phi) is 3.68. The molecule has 0 unspecified atom stereocenters. The molecule has 0 atom stereocenters. The second kappa shape index (κ2) is 5.10. The lowest BCUT2D eigenvalue weighted by Crippen LogP contribution is -2.15. The predicted octanol–water partition coefficient (Wildman–Crippen LogP) is 2.38. The zero-order valence-corrected chi connectivity index (χ0v) is 11.3. The van der Waals surface area contributed by atoms with Gasteiger partial charge in [0, 0.05) is 5.69 Å². The van der Waals surface area contributed by atoms with Crippen molar-refractivity contribution in [3.05, 3.63) is 47.0 Å². The number of nitrogens with zero attached hydrogens (tertiary/aromatic N) is 2. The standard InChI is InChI=1S/C11H9ClFN3O2S/c1-7-5-10(12)15-11(14-7)16-19(17,18)9-4-2-3-8(13)6-9/h2-6H,1H3,(H,14,15,16). The Morgan fingerprint density at radius 3 is 2.63 bits per heavy atom. The van der Waals surface area contributed by atoms with E-state index in [1.54, 1.807) is 6.92 Å². The van der Waals surface area contributed by atoms with Crippen LogP contribution in [0.3, 0.4) is 0 Å². The number of aromatic nitrogens is 2. The highest BCUT2D eigenvalue weighted by molar-refractivity contribution is 7.92. The molecule has 2 rings (SSSR count). The van der Waals surface area contributed by atoms with E-state index >= 15 is 0 Å². The van der Waals surface area contributed by atoms with Gasteiger partial charge in [-0.05, 0) is 31.2 Å². The van der Waals surface area contributed by atoms with Gasteiger partial charge in [-0.25, -0.2) is 27.5 Å². The third-order valence-electron chi connectivity index (χ3n) is 2.15. The number of hydrogen-bond acceptors (Lipinski definition) is 4. The first kappa shape index (κ1) is 13.7. The van der Waals surface area contributed by atoms with Gasteiger partial charge < -0.3 is 0 Å². The van der Waals surface area contributed by atoms with Crippen molar-refractivity contribution in [1.29, 1.82) is 0 Å². The van der Waals surface area contributed by atoms with Crippen molar-refractivity contribution in [3.63, 3.8) is 0 Å². The van der Waals surface area contributed by atoms with Gasteiger partial charge in [0.1, 0.15) is 11.0 Å². The van der Waals surface area contributed by atoms with Gasteiger partial charge in [0.25, 0.3) is 10.0 Å². The Hall–Kier alpha value is -1.73. The SMILES string of the molecule is Cc1cc(Cl)nc(NS(=O)(=O)c2cccc(F)c2)n1. The van der Waals surface area contributed by atoms with Crippen LogP contribution in [-0.4, -0.2) is 18.4 Å². The molecule has 100 valence electrons. The third-order valence-corrected chi connectivity index (χ3v) is 3.67. The van der Waals surface area contributed by atoms with Crippen molar-refractivity contribution >= 4 is 27.6 Å². The molecule has 2 aromatic rings. The second-order valence-electron chi connectivity index (χ2n) is 3.72. The number of nitrogens with one attached hydrogen (secondary N) is 1. The number of rotatable bonds is 3. The van der Waals surface area contributed by atoms with Crippen LogP contribution in [-0.2, 0) is 10.0 Å². The van der Waals surface area contributed by atoms with Gasteiger partial charge in [0.2, 0.25) is 5.95 Å². The van der Waals surface area contributed by atoms with Crippen LogP contribution in [0.4, 0.5) is 10.3 Å². The summed E-state index contributed by atoms with van der Waals surface area (Å²) in [5.41, 5.74) is 0.511. The minimum absolute atomic E-state index is 0.115. The fourth-order valence-corrected chi connectivity index (χ4v) is 2.60. The molecule has 1 aromatic carbocycles. The number of benzene rings is 1. The van der Waals surface area contributed by atoms with Crippen molar-refractivity contribution in [3.8, 4) is 0 Å². The summed E-state index contributed by atoms with van der Waals surface area (Å²) in [7, 11) is -3.94. The van der Waals surface area contributed by atoms with Crippen molar-refractivity contribution in [2.45, 2.75) is 11.8 Å². The van der Waals surface area contributed by atoms with E-state index in [9.17, 15) is 12.8 Å². The molecule has 8 heteroatoms. The smallest absolute Gasteiger partial charge is 0.247 e. The summed E-state index contributed by atoms with van der Waals surface area (Å²) in [5.74, 6) is -0.805. The highest BCUT2D eigenvalue weighted by Gasteiger charge is 2.16. The quantitative estimate of drug-likeness (QED) is 0.884. The van der Waals surface area contributed by atoms with Crippen LogP contribution in [0, 0.1) is 12.7 Å². The minimum Gasteiger partial charge on any atom is -0.247 e. The average molecular weight is 302 g/mol. The maximum atomic E-state index is 13.0. The molecule has 0 bridgehead atoms. The zero-order valence-electron chi connectivity index (χ0n) is 9.76. The van der Waals surface area contributed by atoms with E-state index in [1.807, 2.05) is 0 Å². The van der Waals surface area contributed by atoms with Crippen LogP contribution >= 0.6 is 11.6 Å². The summed E-state index contributed by atoms with van der Waals surface area (Å²) in [4.78, 5) is 7.41. The fraction of sp³-hybridized carbons (Fsp3) is 0.0909.